The Morgan fingerprint density at radius 3 is 2.07 bits per heavy atom. The van der Waals surface area contributed by atoms with Gasteiger partial charge in [-0.25, -0.2) is 0 Å². The maximum atomic E-state index is 14.1. The van der Waals surface area contributed by atoms with Crippen LogP contribution in [0.1, 0.15) is 68.2 Å². The van der Waals surface area contributed by atoms with Crippen LogP contribution in [0.3, 0.4) is 0 Å². The van der Waals surface area contributed by atoms with Crippen LogP contribution >= 0.6 is 0 Å². The van der Waals surface area contributed by atoms with Crippen molar-refractivity contribution in [2.24, 2.45) is 40.4 Å². The maximum absolute atomic E-state index is 14.1. The van der Waals surface area contributed by atoms with Gasteiger partial charge in [0, 0.05) is 73.1 Å². The van der Waals surface area contributed by atoms with Crippen LogP contribution in [0, 0.1) is 84.5 Å². The van der Waals surface area contributed by atoms with E-state index >= 15 is 0 Å². The van der Waals surface area contributed by atoms with E-state index in [4.69, 9.17) is 0 Å². The van der Waals surface area contributed by atoms with Crippen LogP contribution in [0.2, 0.25) is 0 Å². The molecule has 2 bridgehead atoms. The monoisotopic (exact) mass is 635 g/mol. The summed E-state index contributed by atoms with van der Waals surface area (Å²) >= 11 is 0. The summed E-state index contributed by atoms with van der Waals surface area (Å²) in [5.74, 6) is -1.76. The van der Waals surface area contributed by atoms with Crippen LogP contribution < -0.4 is 0 Å². The van der Waals surface area contributed by atoms with Gasteiger partial charge in [-0.2, -0.15) is 0 Å². The van der Waals surface area contributed by atoms with Crippen molar-refractivity contribution in [3.63, 3.8) is 0 Å². The minimum atomic E-state index is -1.47. The van der Waals surface area contributed by atoms with Crippen molar-refractivity contribution in [3.05, 3.63) is 11.1 Å². The number of carbonyl (C=O) groups excluding carboxylic acids is 1. The number of aliphatic hydroxyl groups excluding tert-OH is 2. The number of rotatable bonds is 1. The quantitative estimate of drug-likeness (QED) is 0.333. The van der Waals surface area contributed by atoms with E-state index in [-0.39, 0.29) is 68.1 Å². The van der Waals surface area contributed by atoms with E-state index in [0.717, 1.165) is 11.1 Å². The molecule has 0 amide bonds. The van der Waals surface area contributed by atoms with Crippen LogP contribution in [-0.2, 0) is 4.79 Å². The van der Waals surface area contributed by atoms with Crippen molar-refractivity contribution in [2.75, 3.05) is 6.61 Å². The SMILES string of the molecule is CC1=C2[C@@H](C)C(=O)[C@@]3(C)C([C@H](C)C(O)(CC1O)C2(C)C)C(O)(CO)[C@H](C)C[C@@H]3C.[Ac]. The summed E-state index contributed by atoms with van der Waals surface area (Å²) in [5, 5.41) is 45.0. The molecule has 3 rings (SSSR count). The fourth-order valence-electron chi connectivity index (χ4n) is 7.83. The molecule has 0 heterocycles. The van der Waals surface area contributed by atoms with Gasteiger partial charge in [-0.3, -0.25) is 4.79 Å². The molecule has 1 radical (unpaired) electrons. The molecular weight excluding hydrogens is 595 g/mol. The molecule has 0 aromatic heterocycles. The van der Waals surface area contributed by atoms with Crippen molar-refractivity contribution < 1.29 is 69.3 Å². The van der Waals surface area contributed by atoms with Gasteiger partial charge >= 0.3 is 0 Å². The van der Waals surface area contributed by atoms with Crippen molar-refractivity contribution in [2.45, 2.75) is 85.5 Å². The standard InChI is InChI=1S/C24H40O5.Ac/c1-12-9-13(2)23(28,11-25)19-16(5)24(29)10-17(26)14(3)18(21(24,6)7)15(4)20(27)22(12,19)8;/h12-13,15-17,19,25-26,28-29H,9-11H2,1-8H3;/t12-,13+,15+,16-,17?,19?,22+,23?,24?;/m0./s1. The molecule has 0 saturated heterocycles. The van der Waals surface area contributed by atoms with E-state index in [9.17, 15) is 25.2 Å². The molecule has 30 heavy (non-hydrogen) atoms. The normalized spacial score (nSPS) is 50.9. The maximum Gasteiger partial charge on any atom is 0.146 e. The first-order valence-electron chi connectivity index (χ1n) is 11.1. The number of ketones is 1. The van der Waals surface area contributed by atoms with Crippen LogP contribution in [-0.4, -0.2) is 50.1 Å². The Morgan fingerprint density at radius 2 is 1.57 bits per heavy atom. The Balaban J connectivity index is 0.00000320. The summed E-state index contributed by atoms with van der Waals surface area (Å²) < 4.78 is 0. The molecule has 6 heteroatoms. The average molecular weight is 636 g/mol. The van der Waals surface area contributed by atoms with Gasteiger partial charge in [-0.15, -0.1) is 0 Å². The third-order valence-electron chi connectivity index (χ3n) is 9.82. The van der Waals surface area contributed by atoms with E-state index < -0.39 is 52.5 Å². The van der Waals surface area contributed by atoms with Gasteiger partial charge in [0.25, 0.3) is 0 Å². The molecule has 2 fully saturated rings. The van der Waals surface area contributed by atoms with Gasteiger partial charge < -0.3 is 20.4 Å². The summed E-state index contributed by atoms with van der Waals surface area (Å²) in [5.41, 5.74) is -2.81. The summed E-state index contributed by atoms with van der Waals surface area (Å²) in [6.07, 6.45) is -0.0304. The zero-order chi connectivity index (χ0) is 22.3. The molecule has 0 aliphatic heterocycles. The second-order valence-corrected chi connectivity index (χ2v) is 11.2. The fraction of sp³-hybridized carbons (Fsp3) is 0.875. The number of hydrogen-bond acceptors (Lipinski definition) is 5. The van der Waals surface area contributed by atoms with Crippen molar-refractivity contribution in [1.82, 2.24) is 0 Å². The Morgan fingerprint density at radius 1 is 1.03 bits per heavy atom. The van der Waals surface area contributed by atoms with Crippen molar-refractivity contribution >= 4 is 5.78 Å². The summed E-state index contributed by atoms with van der Waals surface area (Å²) in [6, 6.07) is 0. The van der Waals surface area contributed by atoms with E-state index in [2.05, 4.69) is 6.92 Å². The number of carbonyl (C=O) groups is 1. The van der Waals surface area contributed by atoms with Crippen LogP contribution in [0.4, 0.5) is 0 Å². The topological polar surface area (TPSA) is 98.0 Å². The van der Waals surface area contributed by atoms with E-state index in [1.54, 1.807) is 0 Å². The number of Topliss-reactive ketones (excluding diaryl/α,β-unsaturated/α-hetero) is 1. The second-order valence-electron chi connectivity index (χ2n) is 11.2. The zero-order valence-electron chi connectivity index (χ0n) is 19.9. The first-order chi connectivity index (χ1) is 13.1. The van der Waals surface area contributed by atoms with E-state index in [1.807, 2.05) is 48.5 Å². The molecule has 0 aromatic rings. The van der Waals surface area contributed by atoms with Gasteiger partial charge in [0.15, 0.2) is 0 Å². The summed E-state index contributed by atoms with van der Waals surface area (Å²) in [7, 11) is 0. The van der Waals surface area contributed by atoms with E-state index in [0.29, 0.717) is 6.42 Å². The van der Waals surface area contributed by atoms with Crippen LogP contribution in [0.25, 0.3) is 0 Å². The Hall–Kier alpha value is 0.692. The van der Waals surface area contributed by atoms with Gasteiger partial charge in [0.2, 0.25) is 0 Å². The molecule has 0 aromatic carbocycles. The third-order valence-corrected chi connectivity index (χ3v) is 9.82. The molecule has 3 aliphatic carbocycles. The number of fused-ring (bicyclic) bond motifs is 3. The van der Waals surface area contributed by atoms with Gasteiger partial charge in [-0.1, -0.05) is 48.5 Å². The van der Waals surface area contributed by atoms with Gasteiger partial charge in [-0.05, 0) is 42.2 Å². The molecular formula is C24H40AcO5. The minimum Gasteiger partial charge on any atom is -0.393 e. The molecule has 169 valence electrons. The average Bonchev–Trinajstić information content (AvgIpc) is 2.63. The third kappa shape index (κ3) is 3.14. The molecule has 0 spiro atoms. The van der Waals surface area contributed by atoms with Crippen molar-refractivity contribution in [1.29, 1.82) is 0 Å². The zero-order valence-corrected chi connectivity index (χ0v) is 24.6. The first-order valence-corrected chi connectivity index (χ1v) is 11.1. The molecule has 5 nitrogen and oxygen atoms in total. The molecule has 3 aliphatic rings. The van der Waals surface area contributed by atoms with Gasteiger partial charge in [0.05, 0.1) is 23.9 Å². The van der Waals surface area contributed by atoms with E-state index in [1.165, 1.54) is 0 Å². The van der Waals surface area contributed by atoms with Crippen LogP contribution in [0.15, 0.2) is 11.1 Å². The largest absolute Gasteiger partial charge is 0.393 e. The Labute approximate surface area is 217 Å². The van der Waals surface area contributed by atoms with Crippen LogP contribution in [0.5, 0.6) is 0 Å². The smallest absolute Gasteiger partial charge is 0.146 e. The molecule has 4 N–H and O–H groups in total. The minimum absolute atomic E-state index is 0. The van der Waals surface area contributed by atoms with Crippen molar-refractivity contribution in [3.8, 4) is 0 Å². The number of hydrogen-bond donors (Lipinski definition) is 4. The number of aliphatic hydroxyl groups is 4. The molecule has 4 unspecified atom stereocenters. The Kier molecular flexibility index (Phi) is 7.34. The predicted octanol–water partition coefficient (Wildman–Crippen LogP) is 2.70. The second kappa shape index (κ2) is 8.17. The van der Waals surface area contributed by atoms with Gasteiger partial charge in [0.1, 0.15) is 5.78 Å². The predicted molar refractivity (Wildman–Crippen MR) is 112 cm³/mol. The first kappa shape index (κ1) is 26.9. The summed E-state index contributed by atoms with van der Waals surface area (Å²) in [6.45, 7) is 15.0. The Bertz CT molecular complexity index is 748. The molecule has 2 saturated carbocycles. The fourth-order valence-corrected chi connectivity index (χ4v) is 7.83. The summed E-state index contributed by atoms with van der Waals surface area (Å²) in [4.78, 5) is 14.1. The molecule has 9 atom stereocenters.